The highest BCUT2D eigenvalue weighted by atomic mass is 32.2. The van der Waals surface area contributed by atoms with Crippen molar-refractivity contribution in [3.63, 3.8) is 0 Å². The average Bonchev–Trinajstić information content (AvgIpc) is 2.61. The number of carboxylic acid groups (broad SMARTS) is 1. The van der Waals surface area contributed by atoms with Crippen molar-refractivity contribution >= 4 is 21.9 Å². The lowest BCUT2D eigenvalue weighted by Gasteiger charge is -2.30. The molecule has 1 amide bonds. The summed E-state index contributed by atoms with van der Waals surface area (Å²) < 4.78 is 26.7. The van der Waals surface area contributed by atoms with Crippen LogP contribution in [0.15, 0.2) is 29.2 Å². The van der Waals surface area contributed by atoms with Crippen LogP contribution >= 0.6 is 0 Å². The number of carbonyl (C=O) groups is 2. The van der Waals surface area contributed by atoms with E-state index in [0.717, 1.165) is 5.56 Å². The van der Waals surface area contributed by atoms with Crippen molar-refractivity contribution in [2.75, 3.05) is 19.6 Å². The number of hydrogen-bond donors (Lipinski definition) is 2. The smallest absolute Gasteiger partial charge is 0.303 e. The molecule has 144 valence electrons. The van der Waals surface area contributed by atoms with Crippen molar-refractivity contribution in [2.45, 2.75) is 43.9 Å². The minimum absolute atomic E-state index is 0.0762. The first-order valence-electron chi connectivity index (χ1n) is 8.87. The molecule has 0 aliphatic carbocycles. The van der Waals surface area contributed by atoms with Gasteiger partial charge in [-0.15, -0.1) is 0 Å². The second-order valence-electron chi connectivity index (χ2n) is 6.63. The van der Waals surface area contributed by atoms with Crippen LogP contribution in [0.2, 0.25) is 0 Å². The third kappa shape index (κ3) is 5.54. The van der Waals surface area contributed by atoms with Gasteiger partial charge in [0.1, 0.15) is 0 Å². The number of aliphatic carboxylic acids is 1. The summed E-state index contributed by atoms with van der Waals surface area (Å²) in [4.78, 5) is 22.9. The zero-order valence-electron chi connectivity index (χ0n) is 15.0. The van der Waals surface area contributed by atoms with Crippen LogP contribution in [0.1, 0.15) is 37.7 Å². The first-order chi connectivity index (χ1) is 12.3. The zero-order chi connectivity index (χ0) is 19.2. The van der Waals surface area contributed by atoms with Crippen LogP contribution in [0.25, 0.3) is 0 Å². The maximum absolute atomic E-state index is 12.7. The molecule has 2 rings (SSSR count). The summed E-state index contributed by atoms with van der Waals surface area (Å²) in [6, 6.07) is 6.77. The lowest BCUT2D eigenvalue weighted by molar-refractivity contribution is -0.137. The van der Waals surface area contributed by atoms with E-state index in [-0.39, 0.29) is 23.1 Å². The fourth-order valence-electron chi connectivity index (χ4n) is 2.97. The number of carbonyl (C=O) groups excluding carboxylic acids is 1. The highest BCUT2D eigenvalue weighted by Crippen LogP contribution is 2.24. The van der Waals surface area contributed by atoms with E-state index in [1.807, 2.05) is 6.92 Å². The van der Waals surface area contributed by atoms with Crippen LogP contribution < -0.4 is 5.32 Å². The van der Waals surface area contributed by atoms with Crippen molar-refractivity contribution < 1.29 is 23.1 Å². The Morgan fingerprint density at radius 1 is 1.15 bits per heavy atom. The third-order valence-corrected chi connectivity index (χ3v) is 6.51. The van der Waals surface area contributed by atoms with Gasteiger partial charge in [-0.25, -0.2) is 8.42 Å². The summed E-state index contributed by atoms with van der Waals surface area (Å²) in [6.07, 6.45) is 2.24. The van der Waals surface area contributed by atoms with Crippen molar-refractivity contribution in [3.05, 3.63) is 29.8 Å². The molecule has 0 bridgehead atoms. The minimum Gasteiger partial charge on any atom is -0.481 e. The molecular formula is C18H26N2O5S. The summed E-state index contributed by atoms with van der Waals surface area (Å²) in [7, 11) is -3.51. The maximum Gasteiger partial charge on any atom is 0.303 e. The van der Waals surface area contributed by atoms with Gasteiger partial charge in [-0.1, -0.05) is 17.7 Å². The van der Waals surface area contributed by atoms with Gasteiger partial charge in [-0.05, 0) is 44.7 Å². The van der Waals surface area contributed by atoms with Gasteiger partial charge >= 0.3 is 5.97 Å². The number of nitrogens with one attached hydrogen (secondary N) is 1. The monoisotopic (exact) mass is 382 g/mol. The fourth-order valence-corrected chi connectivity index (χ4v) is 4.44. The molecule has 0 atom stereocenters. The van der Waals surface area contributed by atoms with Crippen LogP contribution in [-0.4, -0.2) is 49.3 Å². The second kappa shape index (κ2) is 9.14. The van der Waals surface area contributed by atoms with Gasteiger partial charge < -0.3 is 10.4 Å². The molecule has 8 heteroatoms. The number of hydrogen-bond acceptors (Lipinski definition) is 4. The number of piperidine rings is 1. The maximum atomic E-state index is 12.7. The molecule has 1 heterocycles. The lowest BCUT2D eigenvalue weighted by atomic mass is 9.97. The number of nitrogens with zero attached hydrogens (tertiary/aromatic N) is 1. The van der Waals surface area contributed by atoms with E-state index in [1.165, 1.54) is 4.31 Å². The molecule has 1 fully saturated rings. The van der Waals surface area contributed by atoms with Crippen LogP contribution in [0.4, 0.5) is 0 Å². The molecule has 1 aliphatic heterocycles. The Balaban J connectivity index is 1.80. The Labute approximate surface area is 154 Å². The van der Waals surface area contributed by atoms with E-state index in [4.69, 9.17) is 5.11 Å². The number of amides is 1. The molecule has 0 radical (unpaired) electrons. The zero-order valence-corrected chi connectivity index (χ0v) is 15.8. The molecular weight excluding hydrogens is 356 g/mol. The van der Waals surface area contributed by atoms with Gasteiger partial charge in [0.25, 0.3) is 0 Å². The van der Waals surface area contributed by atoms with E-state index in [1.54, 1.807) is 24.3 Å². The number of aryl methyl sites for hydroxylation is 1. The van der Waals surface area contributed by atoms with Crippen molar-refractivity contribution in [1.82, 2.24) is 9.62 Å². The molecule has 1 aromatic rings. The summed E-state index contributed by atoms with van der Waals surface area (Å²) in [5, 5.41) is 11.4. The first-order valence-corrected chi connectivity index (χ1v) is 10.3. The van der Waals surface area contributed by atoms with Crippen molar-refractivity contribution in [1.29, 1.82) is 0 Å². The predicted molar refractivity (Wildman–Crippen MR) is 97.2 cm³/mol. The lowest BCUT2D eigenvalue weighted by Crippen LogP contribution is -2.43. The highest BCUT2D eigenvalue weighted by Gasteiger charge is 2.31. The topological polar surface area (TPSA) is 104 Å². The van der Waals surface area contributed by atoms with Crippen LogP contribution in [0, 0.1) is 12.8 Å². The average molecular weight is 382 g/mol. The van der Waals surface area contributed by atoms with E-state index >= 15 is 0 Å². The van der Waals surface area contributed by atoms with Gasteiger partial charge in [0.15, 0.2) is 0 Å². The van der Waals surface area contributed by atoms with Crippen LogP contribution in [0.5, 0.6) is 0 Å². The summed E-state index contributed by atoms with van der Waals surface area (Å²) in [6.45, 7) is 3.01. The minimum atomic E-state index is -3.51. The molecule has 2 N–H and O–H groups in total. The normalized spacial score (nSPS) is 16.3. The Bertz CT molecular complexity index is 722. The molecule has 1 aromatic carbocycles. The van der Waals surface area contributed by atoms with E-state index in [0.29, 0.717) is 45.3 Å². The molecule has 1 aliphatic rings. The third-order valence-electron chi connectivity index (χ3n) is 4.60. The number of carboxylic acids is 1. The summed E-state index contributed by atoms with van der Waals surface area (Å²) >= 11 is 0. The Morgan fingerprint density at radius 3 is 2.35 bits per heavy atom. The molecule has 0 aromatic heterocycles. The van der Waals surface area contributed by atoms with E-state index in [9.17, 15) is 18.0 Å². The fraction of sp³-hybridized carbons (Fsp3) is 0.556. The highest BCUT2D eigenvalue weighted by molar-refractivity contribution is 7.89. The summed E-state index contributed by atoms with van der Waals surface area (Å²) in [5.41, 5.74) is 1.00. The van der Waals surface area contributed by atoms with Gasteiger partial charge in [0, 0.05) is 32.0 Å². The van der Waals surface area contributed by atoms with Crippen LogP contribution in [-0.2, 0) is 19.6 Å². The predicted octanol–water partition coefficient (Wildman–Crippen LogP) is 1.77. The number of sulfonamides is 1. The number of rotatable bonds is 8. The standard InChI is InChI=1S/C18H26N2O5S/c1-14-5-7-16(8-6-14)26(24,25)20-12-9-15(10-13-20)18(23)19-11-3-2-4-17(21)22/h5-8,15H,2-4,9-13H2,1H3,(H,19,23)(H,21,22). The molecule has 1 saturated heterocycles. The molecule has 0 saturated carbocycles. The van der Waals surface area contributed by atoms with Gasteiger partial charge in [0.05, 0.1) is 4.90 Å². The van der Waals surface area contributed by atoms with Gasteiger partial charge in [0.2, 0.25) is 15.9 Å². The molecule has 0 spiro atoms. The van der Waals surface area contributed by atoms with Gasteiger partial charge in [-0.2, -0.15) is 4.31 Å². The van der Waals surface area contributed by atoms with Crippen molar-refractivity contribution in [2.24, 2.45) is 5.92 Å². The SMILES string of the molecule is Cc1ccc(S(=O)(=O)N2CCC(C(=O)NCCCCC(=O)O)CC2)cc1. The summed E-state index contributed by atoms with van der Waals surface area (Å²) in [5.74, 6) is -1.11. The van der Waals surface area contributed by atoms with Crippen molar-refractivity contribution in [3.8, 4) is 0 Å². The number of benzene rings is 1. The molecule has 26 heavy (non-hydrogen) atoms. The Morgan fingerprint density at radius 2 is 1.77 bits per heavy atom. The second-order valence-corrected chi connectivity index (χ2v) is 8.57. The van der Waals surface area contributed by atoms with E-state index < -0.39 is 16.0 Å². The Kier molecular flexibility index (Phi) is 7.16. The number of unbranched alkanes of at least 4 members (excludes halogenated alkanes) is 1. The molecule has 7 nitrogen and oxygen atoms in total. The molecule has 0 unspecified atom stereocenters. The van der Waals surface area contributed by atoms with Gasteiger partial charge in [-0.3, -0.25) is 9.59 Å². The van der Waals surface area contributed by atoms with E-state index in [2.05, 4.69) is 5.32 Å². The largest absolute Gasteiger partial charge is 0.481 e. The van der Waals surface area contributed by atoms with Crippen LogP contribution in [0.3, 0.4) is 0 Å². The first kappa shape index (κ1) is 20.4. The quantitative estimate of drug-likeness (QED) is 0.667. The Hall–Kier alpha value is -1.93.